The second kappa shape index (κ2) is 13.4. The number of unbranched alkanes of at least 4 members (excludes halogenated alkanes) is 1. The lowest BCUT2D eigenvalue weighted by Gasteiger charge is -2.23. The van der Waals surface area contributed by atoms with E-state index in [0.29, 0.717) is 6.04 Å². The van der Waals surface area contributed by atoms with Gasteiger partial charge in [0, 0.05) is 33.4 Å². The van der Waals surface area contributed by atoms with Gasteiger partial charge in [-0.3, -0.25) is 0 Å². The Morgan fingerprint density at radius 2 is 1.56 bits per heavy atom. The van der Waals surface area contributed by atoms with Crippen LogP contribution in [0.25, 0.3) is 0 Å². The topological polar surface area (TPSA) is 79.7 Å². The van der Waals surface area contributed by atoms with E-state index in [9.17, 15) is 0 Å². The highest BCUT2D eigenvalue weighted by Gasteiger charge is 2.36. The number of rotatable bonds is 9. The van der Waals surface area contributed by atoms with E-state index in [4.69, 9.17) is 24.7 Å². The molecule has 0 aromatic rings. The monoisotopic (exact) mass is 280 g/mol. The average molecular weight is 280 g/mol. The fourth-order valence-corrected chi connectivity index (χ4v) is 3.20. The smallest absolute Gasteiger partial charge is 0.377 e. The molecule has 0 aliphatic rings. The maximum Gasteiger partial charge on any atom is 0.500 e. The van der Waals surface area contributed by atoms with Gasteiger partial charge in [0.25, 0.3) is 0 Å². The molecule has 0 aliphatic heterocycles. The highest BCUT2D eigenvalue weighted by Crippen LogP contribution is 2.13. The molecule has 4 N–H and O–H groups in total. The average Bonchev–Trinajstić information content (AvgIpc) is 2.37. The lowest BCUT2D eigenvalue weighted by molar-refractivity contribution is 0.123. The zero-order valence-electron chi connectivity index (χ0n) is 12.7. The van der Waals surface area contributed by atoms with Gasteiger partial charge in [-0.15, -0.1) is 0 Å². The molecular formula is C12H32N2O3Si. The summed E-state index contributed by atoms with van der Waals surface area (Å²) in [5, 5.41) is 0. The van der Waals surface area contributed by atoms with E-state index in [1.165, 1.54) is 6.42 Å². The van der Waals surface area contributed by atoms with E-state index < -0.39 is 8.80 Å². The second-order valence-corrected chi connectivity index (χ2v) is 7.40. The Bertz CT molecular complexity index is 159. The molecule has 0 rings (SSSR count). The normalized spacial score (nSPS) is 12.8. The molecule has 5 nitrogen and oxygen atoms in total. The number of nitrogens with two attached hydrogens (primary N) is 2. The summed E-state index contributed by atoms with van der Waals surface area (Å²) >= 11 is 0. The Balaban J connectivity index is 0. The molecular weight excluding hydrogens is 248 g/mol. The van der Waals surface area contributed by atoms with Crippen molar-refractivity contribution in [3.8, 4) is 0 Å². The molecule has 0 saturated carbocycles. The third-order valence-electron chi connectivity index (χ3n) is 2.60. The Labute approximate surface area is 114 Å². The molecule has 6 heteroatoms. The third kappa shape index (κ3) is 11.1. The van der Waals surface area contributed by atoms with Gasteiger partial charge in [-0.05, 0) is 26.3 Å². The zero-order chi connectivity index (χ0) is 14.4. The maximum atomic E-state index is 5.49. The number of hydrogen-bond donors (Lipinski definition) is 2. The standard InChI is InChI=1S/C6H16N2.C6H16O3Si/c1-6(8)4-2-3-5-7;1-5-6-10(7-2,8-3)9-4/h6H,2-5,7-8H2,1H3;5-6H2,1-4H3. The summed E-state index contributed by atoms with van der Waals surface area (Å²) in [5.74, 6) is 0. The summed E-state index contributed by atoms with van der Waals surface area (Å²) in [5.41, 5.74) is 10.8. The minimum atomic E-state index is -2.22. The maximum absolute atomic E-state index is 5.49. The molecule has 0 spiro atoms. The Kier molecular flexibility index (Phi) is 15.2. The van der Waals surface area contributed by atoms with Gasteiger partial charge in [-0.1, -0.05) is 19.8 Å². The van der Waals surface area contributed by atoms with Crippen molar-refractivity contribution < 1.29 is 13.3 Å². The number of hydrogen-bond acceptors (Lipinski definition) is 5. The highest BCUT2D eigenvalue weighted by molar-refractivity contribution is 6.60. The second-order valence-electron chi connectivity index (χ2n) is 4.31. The van der Waals surface area contributed by atoms with Crippen LogP contribution in [0, 0.1) is 0 Å². The van der Waals surface area contributed by atoms with E-state index in [1.807, 2.05) is 6.92 Å². The van der Waals surface area contributed by atoms with Crippen LogP contribution in [-0.4, -0.2) is 42.7 Å². The molecule has 0 bridgehead atoms. The molecule has 0 heterocycles. The van der Waals surface area contributed by atoms with Crippen LogP contribution >= 0.6 is 0 Å². The molecule has 0 aromatic carbocycles. The summed E-state index contributed by atoms with van der Waals surface area (Å²) in [6.07, 6.45) is 4.43. The van der Waals surface area contributed by atoms with Gasteiger partial charge in [0.2, 0.25) is 0 Å². The van der Waals surface area contributed by atoms with Crippen LogP contribution < -0.4 is 11.5 Å². The van der Waals surface area contributed by atoms with Crippen molar-refractivity contribution in [1.82, 2.24) is 0 Å². The van der Waals surface area contributed by atoms with E-state index in [-0.39, 0.29) is 0 Å². The summed E-state index contributed by atoms with van der Waals surface area (Å²) in [6.45, 7) is 4.90. The lowest BCUT2D eigenvalue weighted by Crippen LogP contribution is -2.42. The summed E-state index contributed by atoms with van der Waals surface area (Å²) in [6, 6.07) is 1.23. The van der Waals surface area contributed by atoms with Crippen LogP contribution in [0.2, 0.25) is 6.04 Å². The lowest BCUT2D eigenvalue weighted by atomic mass is 10.1. The van der Waals surface area contributed by atoms with Gasteiger partial charge in [-0.2, -0.15) is 0 Å². The predicted molar refractivity (Wildman–Crippen MR) is 78.4 cm³/mol. The quantitative estimate of drug-likeness (QED) is 0.497. The molecule has 1 unspecified atom stereocenters. The van der Waals surface area contributed by atoms with Gasteiger partial charge in [0.05, 0.1) is 0 Å². The minimum Gasteiger partial charge on any atom is -0.377 e. The van der Waals surface area contributed by atoms with Crippen LogP contribution in [-0.2, 0) is 13.3 Å². The first-order valence-electron chi connectivity index (χ1n) is 6.62. The van der Waals surface area contributed by atoms with Crippen molar-refractivity contribution in [1.29, 1.82) is 0 Å². The molecule has 0 aliphatic carbocycles. The third-order valence-corrected chi connectivity index (χ3v) is 5.58. The van der Waals surface area contributed by atoms with Gasteiger partial charge < -0.3 is 24.7 Å². The molecule has 18 heavy (non-hydrogen) atoms. The van der Waals surface area contributed by atoms with Crippen molar-refractivity contribution in [2.45, 2.75) is 51.6 Å². The van der Waals surface area contributed by atoms with E-state index in [1.54, 1.807) is 21.3 Å². The first-order valence-corrected chi connectivity index (χ1v) is 8.56. The first kappa shape index (κ1) is 20.3. The van der Waals surface area contributed by atoms with Crippen molar-refractivity contribution in [2.24, 2.45) is 11.5 Å². The molecule has 0 amide bonds. The van der Waals surface area contributed by atoms with Gasteiger partial charge in [-0.25, -0.2) is 0 Å². The van der Waals surface area contributed by atoms with Gasteiger partial charge in [0.1, 0.15) is 0 Å². The van der Waals surface area contributed by atoms with E-state index in [0.717, 1.165) is 31.9 Å². The highest BCUT2D eigenvalue weighted by atomic mass is 28.4. The SMILES string of the molecule is CC(N)CCCCN.CCC[Si](OC)(OC)OC. The van der Waals surface area contributed by atoms with Crippen molar-refractivity contribution in [3.05, 3.63) is 0 Å². The summed E-state index contributed by atoms with van der Waals surface area (Å²) < 4.78 is 15.5. The fourth-order valence-electron chi connectivity index (χ4n) is 1.47. The Morgan fingerprint density at radius 1 is 1.06 bits per heavy atom. The van der Waals surface area contributed by atoms with Crippen LogP contribution in [0.4, 0.5) is 0 Å². The largest absolute Gasteiger partial charge is 0.500 e. The molecule has 112 valence electrons. The summed E-state index contributed by atoms with van der Waals surface area (Å²) in [4.78, 5) is 0. The fraction of sp³-hybridized carbons (Fsp3) is 1.00. The van der Waals surface area contributed by atoms with Crippen LogP contribution in [0.5, 0.6) is 0 Å². The van der Waals surface area contributed by atoms with E-state index >= 15 is 0 Å². The molecule has 0 fully saturated rings. The molecule has 0 radical (unpaired) electrons. The van der Waals surface area contributed by atoms with Gasteiger partial charge in [0.15, 0.2) is 0 Å². The van der Waals surface area contributed by atoms with Crippen LogP contribution in [0.1, 0.15) is 39.5 Å². The molecule has 0 saturated heterocycles. The van der Waals surface area contributed by atoms with Crippen LogP contribution in [0.15, 0.2) is 0 Å². The first-order chi connectivity index (χ1) is 8.51. The van der Waals surface area contributed by atoms with Crippen LogP contribution in [0.3, 0.4) is 0 Å². The predicted octanol–water partition coefficient (Wildman–Crippen LogP) is 1.74. The molecule has 0 aromatic heterocycles. The van der Waals surface area contributed by atoms with Crippen molar-refractivity contribution in [3.63, 3.8) is 0 Å². The minimum absolute atomic E-state index is 0.349. The zero-order valence-corrected chi connectivity index (χ0v) is 13.7. The van der Waals surface area contributed by atoms with Crippen molar-refractivity contribution in [2.75, 3.05) is 27.9 Å². The Morgan fingerprint density at radius 3 is 1.78 bits per heavy atom. The Hall–Kier alpha value is 0.0169. The van der Waals surface area contributed by atoms with Gasteiger partial charge >= 0.3 is 8.80 Å². The summed E-state index contributed by atoms with van der Waals surface area (Å²) in [7, 11) is 2.68. The van der Waals surface area contributed by atoms with Crippen molar-refractivity contribution >= 4 is 8.80 Å². The molecule has 1 atom stereocenters. The van der Waals surface area contributed by atoms with E-state index in [2.05, 4.69) is 6.92 Å².